The number of carboxylic acid groups (broad SMARTS) is 1. The number of aliphatic carboxylic acids is 1. The summed E-state index contributed by atoms with van der Waals surface area (Å²) in [7, 11) is -2.16. The second-order valence-electron chi connectivity index (χ2n) is 13.6. The summed E-state index contributed by atoms with van der Waals surface area (Å²) in [5.41, 5.74) is -0.260. The Kier molecular flexibility index (Phi) is 9.55. The lowest BCUT2D eigenvalue weighted by atomic mass is 9.80. The number of sulfone groups is 1. The number of hydrogen-bond donors (Lipinski definition) is 3. The van der Waals surface area contributed by atoms with Crippen LogP contribution in [0.15, 0.2) is 60.8 Å². The molecule has 1 aliphatic heterocycles. The Labute approximate surface area is 287 Å². The summed E-state index contributed by atoms with van der Waals surface area (Å²) < 4.78 is 72.0. The summed E-state index contributed by atoms with van der Waals surface area (Å²) in [6.07, 6.45) is 1.70. The Bertz CT molecular complexity index is 2180. The van der Waals surface area contributed by atoms with E-state index in [1.807, 2.05) is 0 Å². The predicted octanol–water partition coefficient (Wildman–Crippen LogP) is 5.34. The molecule has 5 aromatic rings. The van der Waals surface area contributed by atoms with Gasteiger partial charge in [-0.2, -0.15) is 5.10 Å². The van der Waals surface area contributed by atoms with Gasteiger partial charge in [-0.25, -0.2) is 26.9 Å². The molecule has 3 N–H and O–H groups in total. The van der Waals surface area contributed by atoms with Gasteiger partial charge in [0, 0.05) is 47.6 Å². The van der Waals surface area contributed by atoms with Crippen molar-refractivity contribution in [2.45, 2.75) is 38.5 Å². The number of nitrogens with zero attached hydrogens (tertiary/aromatic N) is 3. The number of halogens is 2. The molecule has 1 aliphatic rings. The van der Waals surface area contributed by atoms with Gasteiger partial charge in [-0.3, -0.25) is 4.79 Å². The zero-order chi connectivity index (χ0) is 35.8. The SMILES string of the molecule is Cn1nc2nc1-c1cc(ccc1F)Oc1c(F)cc3[nH]ccc3c1CCS(=O)(=O)CC(C)(C)COCC2(CO)c1cccc(CCC(=O)O)c1. The fourth-order valence-corrected chi connectivity index (χ4v) is 8.42. The Morgan fingerprint density at radius 1 is 1.08 bits per heavy atom. The molecule has 0 fully saturated rings. The minimum Gasteiger partial charge on any atom is -0.481 e. The van der Waals surface area contributed by atoms with Crippen LogP contribution in [-0.2, 0) is 44.7 Å². The molecule has 3 aromatic carbocycles. The molecule has 3 heterocycles. The zero-order valence-electron chi connectivity index (χ0n) is 27.9. The van der Waals surface area contributed by atoms with Gasteiger partial charge in [0.15, 0.2) is 33.1 Å². The highest BCUT2D eigenvalue weighted by Crippen LogP contribution is 2.38. The van der Waals surface area contributed by atoms with E-state index in [1.54, 1.807) is 57.4 Å². The number of benzene rings is 3. The second kappa shape index (κ2) is 13.6. The normalized spacial score (nSPS) is 19.2. The van der Waals surface area contributed by atoms with Crippen molar-refractivity contribution >= 4 is 26.7 Å². The van der Waals surface area contributed by atoms with E-state index in [0.717, 1.165) is 6.07 Å². The first-order chi connectivity index (χ1) is 23.7. The van der Waals surface area contributed by atoms with Crippen LogP contribution in [0.25, 0.3) is 22.3 Å². The maximum Gasteiger partial charge on any atom is 0.303 e. The van der Waals surface area contributed by atoms with E-state index in [9.17, 15) is 23.4 Å². The molecule has 2 aromatic heterocycles. The smallest absolute Gasteiger partial charge is 0.303 e. The highest BCUT2D eigenvalue weighted by atomic mass is 32.2. The fourth-order valence-electron chi connectivity index (χ4n) is 6.49. The van der Waals surface area contributed by atoms with Crippen molar-refractivity contribution in [3.05, 3.63) is 94.9 Å². The number of rotatable bonds is 5. The van der Waals surface area contributed by atoms with Gasteiger partial charge < -0.3 is 24.7 Å². The standard InChI is InChI=1S/C36H38F2N4O7S/c1-35(2)19-48-20-36(18-43,23-6-4-5-22(15-23)7-10-31(44)45)34-40-33(42(3)41-34)27-16-24(8-9-28(27)37)49-32-26(12-14-50(46,47)21-35)25-11-13-39-30(25)17-29(32)38/h4-6,8-9,11,13,15-17,39,43H,7,10,12,14,18-21H2,1-3H3,(H,44,45). The molecule has 264 valence electrons. The third kappa shape index (κ3) is 7.14. The molecule has 11 nitrogen and oxygen atoms in total. The number of aliphatic hydroxyl groups is 1. The maximum atomic E-state index is 15.7. The summed E-state index contributed by atoms with van der Waals surface area (Å²) in [4.78, 5) is 19.0. The number of aliphatic hydroxyl groups excluding tert-OH is 1. The monoisotopic (exact) mass is 708 g/mol. The van der Waals surface area contributed by atoms with E-state index in [1.165, 1.54) is 22.9 Å². The molecule has 6 rings (SSSR count). The number of aromatic amines is 1. The number of aromatic nitrogens is 4. The van der Waals surface area contributed by atoms with Crippen LogP contribution in [0.5, 0.6) is 11.5 Å². The van der Waals surface area contributed by atoms with Gasteiger partial charge >= 0.3 is 5.97 Å². The van der Waals surface area contributed by atoms with Crippen LogP contribution in [0.2, 0.25) is 0 Å². The van der Waals surface area contributed by atoms with Gasteiger partial charge in [-0.15, -0.1) is 0 Å². The van der Waals surface area contributed by atoms with Crippen molar-refractivity contribution < 1.29 is 41.7 Å². The number of aryl methyl sites for hydroxylation is 3. The number of fused-ring (bicyclic) bond motifs is 8. The molecule has 0 aliphatic carbocycles. The van der Waals surface area contributed by atoms with Gasteiger partial charge in [0.25, 0.3) is 0 Å². The van der Waals surface area contributed by atoms with E-state index >= 15 is 8.78 Å². The Morgan fingerprint density at radius 2 is 1.88 bits per heavy atom. The van der Waals surface area contributed by atoms with Crippen LogP contribution in [0.3, 0.4) is 0 Å². The number of carboxylic acids is 1. The zero-order valence-corrected chi connectivity index (χ0v) is 28.7. The highest BCUT2D eigenvalue weighted by molar-refractivity contribution is 7.91. The van der Waals surface area contributed by atoms with Gasteiger partial charge in [-0.1, -0.05) is 38.1 Å². The van der Waals surface area contributed by atoms with E-state index in [-0.39, 0.29) is 72.7 Å². The van der Waals surface area contributed by atoms with Crippen molar-refractivity contribution in [2.75, 3.05) is 31.3 Å². The third-order valence-electron chi connectivity index (χ3n) is 8.95. The molecule has 14 heteroatoms. The van der Waals surface area contributed by atoms with Gasteiger partial charge in [0.1, 0.15) is 17.0 Å². The Hall–Kier alpha value is -4.66. The number of ether oxygens (including phenoxy) is 2. The molecule has 50 heavy (non-hydrogen) atoms. The van der Waals surface area contributed by atoms with Crippen LogP contribution in [0.1, 0.15) is 42.8 Å². The van der Waals surface area contributed by atoms with E-state index in [2.05, 4.69) is 10.1 Å². The average Bonchev–Trinajstić information content (AvgIpc) is 3.68. The molecule has 0 spiro atoms. The Morgan fingerprint density at radius 3 is 2.64 bits per heavy atom. The quantitative estimate of drug-likeness (QED) is 0.219. The molecule has 1 unspecified atom stereocenters. The molecule has 0 saturated carbocycles. The summed E-state index contributed by atoms with van der Waals surface area (Å²) in [5.74, 6) is -2.79. The van der Waals surface area contributed by atoms with Crippen molar-refractivity contribution in [1.29, 1.82) is 0 Å². The highest BCUT2D eigenvalue weighted by Gasteiger charge is 2.40. The van der Waals surface area contributed by atoms with E-state index < -0.39 is 44.9 Å². The van der Waals surface area contributed by atoms with Gasteiger partial charge in [0.05, 0.1) is 36.9 Å². The minimum absolute atomic E-state index is 0.0128. The lowest BCUT2D eigenvalue weighted by Crippen LogP contribution is -2.40. The molecule has 0 saturated heterocycles. The molecule has 0 radical (unpaired) electrons. The molecule has 4 bridgehead atoms. The van der Waals surface area contributed by atoms with Crippen LogP contribution < -0.4 is 4.74 Å². The molecule has 1 atom stereocenters. The average molecular weight is 709 g/mol. The first-order valence-electron chi connectivity index (χ1n) is 16.1. The number of nitrogens with one attached hydrogen (secondary N) is 1. The number of H-pyrrole nitrogens is 1. The first-order valence-corrected chi connectivity index (χ1v) is 17.9. The van der Waals surface area contributed by atoms with Crippen LogP contribution in [-0.4, -0.2) is 75.7 Å². The van der Waals surface area contributed by atoms with Crippen LogP contribution in [0, 0.1) is 17.0 Å². The Balaban J connectivity index is 1.52. The van der Waals surface area contributed by atoms with Crippen LogP contribution in [0.4, 0.5) is 8.78 Å². The van der Waals surface area contributed by atoms with Crippen molar-refractivity contribution in [1.82, 2.24) is 19.7 Å². The van der Waals surface area contributed by atoms with Gasteiger partial charge in [-0.05, 0) is 48.2 Å². The van der Waals surface area contributed by atoms with Crippen molar-refractivity contribution in [3.63, 3.8) is 0 Å². The molecule has 0 amide bonds. The summed E-state index contributed by atoms with van der Waals surface area (Å²) >= 11 is 0. The van der Waals surface area contributed by atoms with Crippen LogP contribution >= 0.6 is 0 Å². The van der Waals surface area contributed by atoms with Crippen molar-refractivity contribution in [2.24, 2.45) is 12.5 Å². The summed E-state index contributed by atoms with van der Waals surface area (Å²) in [5, 5.41) is 25.5. The largest absolute Gasteiger partial charge is 0.481 e. The summed E-state index contributed by atoms with van der Waals surface area (Å²) in [6, 6.07) is 13.8. The number of hydrogen-bond acceptors (Lipinski definition) is 8. The fraction of sp³-hybridized carbons (Fsp3) is 0.361. The van der Waals surface area contributed by atoms with Gasteiger partial charge in [0.2, 0.25) is 0 Å². The first kappa shape index (κ1) is 35.2. The van der Waals surface area contributed by atoms with Crippen molar-refractivity contribution in [3.8, 4) is 22.9 Å². The minimum atomic E-state index is -3.72. The third-order valence-corrected chi connectivity index (χ3v) is 11.0. The van der Waals surface area contributed by atoms with E-state index in [4.69, 9.17) is 14.5 Å². The molecular formula is C36H38F2N4O7S. The number of carbonyl (C=O) groups is 1. The molecular weight excluding hydrogens is 670 g/mol. The second-order valence-corrected chi connectivity index (χ2v) is 15.7. The maximum absolute atomic E-state index is 15.7. The predicted molar refractivity (Wildman–Crippen MR) is 182 cm³/mol. The lowest BCUT2D eigenvalue weighted by molar-refractivity contribution is -0.136. The summed E-state index contributed by atoms with van der Waals surface area (Å²) in [6.45, 7) is 2.75. The topological polar surface area (TPSA) is 157 Å². The van der Waals surface area contributed by atoms with E-state index in [0.29, 0.717) is 27.6 Å². The lowest BCUT2D eigenvalue weighted by Gasteiger charge is -2.32.